The smallest absolute Gasteiger partial charge is 0.323 e. The Morgan fingerprint density at radius 1 is 1.03 bits per heavy atom. The first-order valence-electron chi connectivity index (χ1n) is 12.0. The van der Waals surface area contributed by atoms with Crippen LogP contribution < -0.4 is 4.74 Å². The van der Waals surface area contributed by atoms with E-state index >= 15 is 0 Å². The highest BCUT2D eigenvalue weighted by atomic mass is 35.5. The first kappa shape index (κ1) is 25.7. The van der Waals surface area contributed by atoms with Crippen molar-refractivity contribution in [2.24, 2.45) is 0 Å². The van der Waals surface area contributed by atoms with Crippen molar-refractivity contribution < 1.29 is 23.8 Å². The molecule has 0 aromatic heterocycles. The number of aryl methyl sites for hydroxylation is 1. The molecule has 0 unspecified atom stereocenters. The zero-order valence-electron chi connectivity index (χ0n) is 20.2. The minimum atomic E-state index is -1.07. The van der Waals surface area contributed by atoms with Crippen molar-refractivity contribution in [1.82, 2.24) is 4.90 Å². The lowest BCUT2D eigenvalue weighted by Crippen LogP contribution is -2.37. The van der Waals surface area contributed by atoms with E-state index in [2.05, 4.69) is 13.0 Å². The number of nitrogens with zero attached hydrogens (tertiary/aromatic N) is 1. The number of halogens is 2. The van der Waals surface area contributed by atoms with Gasteiger partial charge in [0.25, 0.3) is 0 Å². The number of amides is 1. The summed E-state index contributed by atoms with van der Waals surface area (Å²) in [6.07, 6.45) is 2.58. The molecule has 0 radical (unpaired) electrons. The zero-order valence-corrected chi connectivity index (χ0v) is 20.9. The number of carboxylic acid groups (broad SMARTS) is 1. The van der Waals surface area contributed by atoms with Crippen LogP contribution in [0.3, 0.4) is 0 Å². The van der Waals surface area contributed by atoms with Gasteiger partial charge in [0.15, 0.2) is 0 Å². The monoisotopic (exact) mass is 509 g/mol. The maximum Gasteiger partial charge on any atom is 0.323 e. The van der Waals surface area contributed by atoms with Crippen molar-refractivity contribution >= 4 is 23.5 Å². The molecule has 3 aromatic rings. The molecule has 0 bridgehead atoms. The van der Waals surface area contributed by atoms with Crippen LogP contribution in [-0.4, -0.2) is 40.6 Å². The van der Waals surface area contributed by atoms with Crippen molar-refractivity contribution in [1.29, 1.82) is 0 Å². The normalized spacial score (nSPS) is 16.3. The number of benzene rings is 3. The molecule has 1 atom stereocenters. The van der Waals surface area contributed by atoms with Gasteiger partial charge in [0, 0.05) is 30.8 Å². The van der Waals surface area contributed by atoms with Crippen LogP contribution >= 0.6 is 11.6 Å². The van der Waals surface area contributed by atoms with Gasteiger partial charge >= 0.3 is 5.97 Å². The average Bonchev–Trinajstić information content (AvgIpc) is 3.16. The molecule has 5 nitrogen and oxygen atoms in total. The first-order valence-corrected chi connectivity index (χ1v) is 12.4. The third-order valence-corrected chi connectivity index (χ3v) is 6.65. The largest absolute Gasteiger partial charge is 0.487 e. The number of fused-ring (bicyclic) bond motifs is 1. The third-order valence-electron chi connectivity index (χ3n) is 6.40. The zero-order chi connectivity index (χ0) is 25.7. The minimum absolute atomic E-state index is 0.193. The van der Waals surface area contributed by atoms with Gasteiger partial charge in [-0.2, -0.15) is 0 Å². The molecule has 0 saturated carbocycles. The minimum Gasteiger partial charge on any atom is -0.487 e. The van der Waals surface area contributed by atoms with Gasteiger partial charge in [0.2, 0.25) is 5.91 Å². The van der Waals surface area contributed by atoms with Gasteiger partial charge < -0.3 is 14.7 Å². The Morgan fingerprint density at radius 2 is 1.75 bits per heavy atom. The molecule has 4 rings (SSSR count). The van der Waals surface area contributed by atoms with Gasteiger partial charge in [-0.3, -0.25) is 9.59 Å². The Hall–Kier alpha value is -3.38. The van der Waals surface area contributed by atoms with E-state index in [0.29, 0.717) is 17.9 Å². The van der Waals surface area contributed by atoms with E-state index in [1.165, 1.54) is 17.0 Å². The van der Waals surface area contributed by atoms with Crippen molar-refractivity contribution in [3.8, 4) is 5.75 Å². The molecule has 7 heteroatoms. The molecule has 0 aliphatic carbocycles. The van der Waals surface area contributed by atoms with Gasteiger partial charge in [0.1, 0.15) is 23.7 Å². The number of aliphatic carboxylic acids is 1. The lowest BCUT2D eigenvalue weighted by Gasteiger charge is -2.24. The van der Waals surface area contributed by atoms with E-state index in [9.17, 15) is 19.1 Å². The summed E-state index contributed by atoms with van der Waals surface area (Å²) in [5, 5.41) is 9.96. The predicted octanol–water partition coefficient (Wildman–Crippen LogP) is 5.50. The Morgan fingerprint density at radius 3 is 2.47 bits per heavy atom. The van der Waals surface area contributed by atoms with E-state index in [4.69, 9.17) is 16.3 Å². The van der Waals surface area contributed by atoms with Crippen molar-refractivity contribution in [3.63, 3.8) is 0 Å². The summed E-state index contributed by atoms with van der Waals surface area (Å²) in [5.74, 6) is -0.812. The fourth-order valence-corrected chi connectivity index (χ4v) is 4.81. The number of carboxylic acids is 1. The standard InChI is InChI=1S/C29H29ClFNO4/c1-29(17-22-5-9-24(30)10-6-22)18-23-15-21(7-11-26(23)36-29)8-12-27(33)32(19-28(34)35)14-13-20-3-2-4-25(31)16-20/h2-7,9-11,15-16H,8,12-14,17-19H2,1H3,(H,34,35)/t29-/m1/s1. The van der Waals surface area contributed by atoms with Crippen LogP contribution in [0.4, 0.5) is 4.39 Å². The summed E-state index contributed by atoms with van der Waals surface area (Å²) >= 11 is 6.00. The molecule has 0 fully saturated rings. The molecule has 36 heavy (non-hydrogen) atoms. The second-order valence-corrected chi connectivity index (χ2v) is 10.00. The number of hydrogen-bond acceptors (Lipinski definition) is 3. The molecular formula is C29H29ClFNO4. The van der Waals surface area contributed by atoms with E-state index in [1.807, 2.05) is 36.4 Å². The summed E-state index contributed by atoms with van der Waals surface area (Å²) in [6, 6.07) is 19.9. The molecule has 1 aliphatic heterocycles. The fourth-order valence-electron chi connectivity index (χ4n) is 4.68. The summed E-state index contributed by atoms with van der Waals surface area (Å²) in [6.45, 7) is 1.93. The number of rotatable bonds is 10. The average molecular weight is 510 g/mol. The van der Waals surface area contributed by atoms with Crippen LogP contribution in [0, 0.1) is 5.82 Å². The van der Waals surface area contributed by atoms with Gasteiger partial charge in [0.05, 0.1) is 0 Å². The van der Waals surface area contributed by atoms with Crippen molar-refractivity contribution in [3.05, 3.63) is 99.8 Å². The molecule has 1 N–H and O–H groups in total. The highest BCUT2D eigenvalue weighted by Crippen LogP contribution is 2.37. The highest BCUT2D eigenvalue weighted by molar-refractivity contribution is 6.30. The van der Waals surface area contributed by atoms with Crippen LogP contribution in [0.15, 0.2) is 66.7 Å². The highest BCUT2D eigenvalue weighted by Gasteiger charge is 2.35. The Balaban J connectivity index is 1.35. The number of ether oxygens (including phenoxy) is 1. The second-order valence-electron chi connectivity index (χ2n) is 9.56. The predicted molar refractivity (Wildman–Crippen MR) is 137 cm³/mol. The van der Waals surface area contributed by atoms with Crippen molar-refractivity contribution in [2.75, 3.05) is 13.1 Å². The molecule has 1 heterocycles. The van der Waals surface area contributed by atoms with Gasteiger partial charge in [-0.05, 0) is 72.4 Å². The lowest BCUT2D eigenvalue weighted by atomic mass is 9.91. The molecule has 0 saturated heterocycles. The number of carbonyl (C=O) groups is 2. The molecule has 3 aromatic carbocycles. The van der Waals surface area contributed by atoms with Crippen LogP contribution in [0.25, 0.3) is 0 Å². The summed E-state index contributed by atoms with van der Waals surface area (Å²) in [7, 11) is 0. The SMILES string of the molecule is C[C@@]1(Cc2ccc(Cl)cc2)Cc2cc(CCC(=O)N(CCc3cccc(F)c3)CC(=O)O)ccc2O1. The third kappa shape index (κ3) is 6.85. The lowest BCUT2D eigenvalue weighted by molar-refractivity contribution is -0.144. The fraction of sp³-hybridized carbons (Fsp3) is 0.310. The molecular weight excluding hydrogens is 481 g/mol. The van der Waals surface area contributed by atoms with Crippen LogP contribution in [0.5, 0.6) is 5.75 Å². The maximum absolute atomic E-state index is 13.4. The van der Waals surface area contributed by atoms with Gasteiger partial charge in [-0.25, -0.2) is 4.39 Å². The molecule has 188 valence electrons. The summed E-state index contributed by atoms with van der Waals surface area (Å²) < 4.78 is 19.7. The number of hydrogen-bond donors (Lipinski definition) is 1. The van der Waals surface area contributed by atoms with E-state index in [1.54, 1.807) is 12.1 Å². The van der Waals surface area contributed by atoms with Gasteiger partial charge in [-0.1, -0.05) is 48.0 Å². The number of carbonyl (C=O) groups excluding carboxylic acids is 1. The van der Waals surface area contributed by atoms with Crippen molar-refractivity contribution in [2.45, 2.75) is 44.6 Å². The van der Waals surface area contributed by atoms with Crippen LogP contribution in [0.1, 0.15) is 35.6 Å². The maximum atomic E-state index is 13.4. The molecule has 1 amide bonds. The Labute approximate surface area is 215 Å². The van der Waals surface area contributed by atoms with Crippen LogP contribution in [0.2, 0.25) is 5.02 Å². The topological polar surface area (TPSA) is 66.8 Å². The van der Waals surface area contributed by atoms with E-state index < -0.39 is 5.97 Å². The second kappa shape index (κ2) is 11.1. The van der Waals surface area contributed by atoms with Gasteiger partial charge in [-0.15, -0.1) is 0 Å². The Kier molecular flexibility index (Phi) is 7.94. The summed E-state index contributed by atoms with van der Waals surface area (Å²) in [5.41, 5.74) is 3.61. The summed E-state index contributed by atoms with van der Waals surface area (Å²) in [4.78, 5) is 25.5. The van der Waals surface area contributed by atoms with E-state index in [-0.39, 0.29) is 36.8 Å². The molecule has 0 spiro atoms. The molecule has 1 aliphatic rings. The quantitative estimate of drug-likeness (QED) is 0.391. The Bertz CT molecular complexity index is 1250. The van der Waals surface area contributed by atoms with E-state index in [0.717, 1.165) is 40.8 Å². The first-order chi connectivity index (χ1) is 17.2. The van der Waals surface area contributed by atoms with Crippen LogP contribution in [-0.2, 0) is 35.3 Å².